The van der Waals surface area contributed by atoms with E-state index in [9.17, 15) is 13.2 Å². The molecule has 3 aromatic rings. The number of nitrogens with zero attached hydrogens (tertiary/aromatic N) is 5. The van der Waals surface area contributed by atoms with Crippen molar-refractivity contribution in [2.24, 2.45) is 0 Å². The number of imidazole rings is 1. The molecular formula is C24H29F3N6O2. The summed E-state index contributed by atoms with van der Waals surface area (Å²) in [6.45, 7) is 11.5. The van der Waals surface area contributed by atoms with Crippen molar-refractivity contribution in [3.8, 4) is 0 Å². The molecule has 0 spiro atoms. The molecule has 8 nitrogen and oxygen atoms in total. The monoisotopic (exact) mass is 490 g/mol. The fourth-order valence-electron chi connectivity index (χ4n) is 4.11. The molecule has 0 bridgehead atoms. The molecule has 1 aromatic carbocycles. The quantitative estimate of drug-likeness (QED) is 0.515. The maximum absolute atomic E-state index is 10.6. The van der Waals surface area contributed by atoms with Crippen LogP contribution in [-0.2, 0) is 17.8 Å². The Kier molecular flexibility index (Phi) is 7.98. The second kappa shape index (κ2) is 10.7. The van der Waals surface area contributed by atoms with Crippen LogP contribution in [0, 0.1) is 27.7 Å². The summed E-state index contributed by atoms with van der Waals surface area (Å²) in [5.74, 6) is -0.983. The number of rotatable bonds is 6. The lowest BCUT2D eigenvalue weighted by molar-refractivity contribution is -0.192. The molecule has 11 heteroatoms. The lowest BCUT2D eigenvalue weighted by atomic mass is 10.1. The van der Waals surface area contributed by atoms with E-state index in [-0.39, 0.29) is 0 Å². The first-order valence-electron chi connectivity index (χ1n) is 11.2. The molecule has 2 N–H and O–H groups in total. The van der Waals surface area contributed by atoms with Crippen LogP contribution in [0.15, 0.2) is 30.9 Å². The van der Waals surface area contributed by atoms with E-state index in [0.29, 0.717) is 5.95 Å². The normalized spacial score (nSPS) is 12.7. The van der Waals surface area contributed by atoms with Gasteiger partial charge in [0.25, 0.3) is 0 Å². The van der Waals surface area contributed by atoms with E-state index in [2.05, 4.69) is 59.6 Å². The van der Waals surface area contributed by atoms with Gasteiger partial charge in [0.2, 0.25) is 5.95 Å². The summed E-state index contributed by atoms with van der Waals surface area (Å²) in [7, 11) is 0. The number of carboxylic acid groups (broad SMARTS) is 1. The van der Waals surface area contributed by atoms with Gasteiger partial charge in [-0.1, -0.05) is 17.7 Å². The Bertz CT molecular complexity index is 1160. The van der Waals surface area contributed by atoms with Crippen LogP contribution in [0.1, 0.15) is 34.4 Å². The van der Waals surface area contributed by atoms with Crippen molar-refractivity contribution in [1.29, 1.82) is 0 Å². The summed E-state index contributed by atoms with van der Waals surface area (Å²) >= 11 is 0. The van der Waals surface area contributed by atoms with Gasteiger partial charge >= 0.3 is 12.1 Å². The van der Waals surface area contributed by atoms with Crippen LogP contribution in [0.3, 0.4) is 0 Å². The molecular weight excluding hydrogens is 461 g/mol. The number of alkyl halides is 3. The molecule has 2 aromatic heterocycles. The molecule has 4 rings (SSSR count). The molecule has 1 aliphatic rings. The topological polar surface area (TPSA) is 96.2 Å². The molecule has 0 saturated carbocycles. The molecule has 0 radical (unpaired) electrons. The van der Waals surface area contributed by atoms with Crippen molar-refractivity contribution in [2.75, 3.05) is 23.3 Å². The number of aryl methyl sites for hydroxylation is 5. The average molecular weight is 491 g/mol. The van der Waals surface area contributed by atoms with Crippen molar-refractivity contribution in [1.82, 2.24) is 19.5 Å². The smallest absolute Gasteiger partial charge is 0.475 e. The lowest BCUT2D eigenvalue weighted by Gasteiger charge is -2.20. The predicted molar refractivity (Wildman–Crippen MR) is 127 cm³/mol. The summed E-state index contributed by atoms with van der Waals surface area (Å²) in [6, 6.07) is 4.38. The van der Waals surface area contributed by atoms with E-state index in [1.54, 1.807) is 0 Å². The standard InChI is InChI=1S/C22H28N6.C2HF3O2/c1-15-12-16(2)20(17(3)13-15)25-22-24-18(4)19-6-10-28(21(19)26-22)9-5-8-27-11-7-23-14-27;3-2(4,5)1(6)7/h7,11-14H,5-6,8-10H2,1-4H3,(H,24,25,26);(H,6,7). The number of hydrogen-bond donors (Lipinski definition) is 2. The minimum absolute atomic E-state index is 0.688. The SMILES string of the molecule is Cc1cc(C)c(Nc2nc(C)c3c(n2)N(CCCn2ccnc2)CC3)c(C)c1.O=C(O)C(F)(F)F. The number of carboxylic acids is 1. The van der Waals surface area contributed by atoms with Gasteiger partial charge in [-0.25, -0.2) is 14.8 Å². The third-order valence-corrected chi connectivity index (χ3v) is 5.68. The van der Waals surface area contributed by atoms with E-state index in [4.69, 9.17) is 19.9 Å². The van der Waals surface area contributed by atoms with Gasteiger partial charge in [0.05, 0.1) is 6.33 Å². The Morgan fingerprint density at radius 3 is 2.34 bits per heavy atom. The minimum Gasteiger partial charge on any atom is -0.475 e. The van der Waals surface area contributed by atoms with Gasteiger partial charge in [-0.2, -0.15) is 18.2 Å². The van der Waals surface area contributed by atoms with Gasteiger partial charge in [-0.05, 0) is 51.7 Å². The molecule has 3 heterocycles. The molecule has 1 aliphatic heterocycles. The molecule has 0 atom stereocenters. The van der Waals surface area contributed by atoms with Crippen LogP contribution in [0.5, 0.6) is 0 Å². The summed E-state index contributed by atoms with van der Waals surface area (Å²) in [5, 5.41) is 10.6. The van der Waals surface area contributed by atoms with E-state index in [1.807, 2.05) is 18.7 Å². The molecule has 188 valence electrons. The summed E-state index contributed by atoms with van der Waals surface area (Å²) in [6.07, 6.45) is 2.72. The van der Waals surface area contributed by atoms with Gasteiger partial charge in [-0.3, -0.25) is 0 Å². The summed E-state index contributed by atoms with van der Waals surface area (Å²) in [5.41, 5.74) is 7.18. The zero-order valence-corrected chi connectivity index (χ0v) is 20.1. The maximum Gasteiger partial charge on any atom is 0.490 e. The van der Waals surface area contributed by atoms with Crippen molar-refractivity contribution in [2.45, 2.75) is 53.3 Å². The first-order valence-corrected chi connectivity index (χ1v) is 11.2. The fraction of sp³-hybridized carbons (Fsp3) is 0.417. The van der Waals surface area contributed by atoms with Crippen molar-refractivity contribution in [3.63, 3.8) is 0 Å². The van der Waals surface area contributed by atoms with Gasteiger partial charge in [0.1, 0.15) is 5.82 Å². The maximum atomic E-state index is 10.6. The van der Waals surface area contributed by atoms with Gasteiger partial charge < -0.3 is 19.9 Å². The van der Waals surface area contributed by atoms with Crippen molar-refractivity contribution >= 4 is 23.4 Å². The van der Waals surface area contributed by atoms with E-state index >= 15 is 0 Å². The van der Waals surface area contributed by atoms with E-state index in [1.165, 1.54) is 22.3 Å². The first-order chi connectivity index (χ1) is 16.5. The van der Waals surface area contributed by atoms with Crippen LogP contribution < -0.4 is 10.2 Å². The number of nitrogens with one attached hydrogen (secondary N) is 1. The highest BCUT2D eigenvalue weighted by Crippen LogP contribution is 2.31. The van der Waals surface area contributed by atoms with Crippen LogP contribution >= 0.6 is 0 Å². The Morgan fingerprint density at radius 2 is 1.77 bits per heavy atom. The third-order valence-electron chi connectivity index (χ3n) is 5.68. The number of aliphatic carboxylic acids is 1. The number of anilines is 3. The number of halogens is 3. The highest BCUT2D eigenvalue weighted by Gasteiger charge is 2.38. The van der Waals surface area contributed by atoms with Crippen LogP contribution in [0.4, 0.5) is 30.6 Å². The highest BCUT2D eigenvalue weighted by atomic mass is 19.4. The predicted octanol–water partition coefficient (Wildman–Crippen LogP) is 4.74. The van der Waals surface area contributed by atoms with Crippen molar-refractivity contribution < 1.29 is 23.1 Å². The Balaban J connectivity index is 0.000000429. The second-order valence-corrected chi connectivity index (χ2v) is 8.53. The van der Waals surface area contributed by atoms with Gasteiger partial charge in [0, 0.05) is 49.0 Å². The Morgan fingerprint density at radius 1 is 1.11 bits per heavy atom. The number of aromatic nitrogens is 4. The number of carbonyl (C=O) groups is 1. The van der Waals surface area contributed by atoms with Crippen LogP contribution in [0.2, 0.25) is 0 Å². The first kappa shape index (κ1) is 26.0. The largest absolute Gasteiger partial charge is 0.490 e. The van der Waals surface area contributed by atoms with E-state index in [0.717, 1.165) is 49.7 Å². The van der Waals surface area contributed by atoms with Gasteiger partial charge in [-0.15, -0.1) is 0 Å². The number of fused-ring (bicyclic) bond motifs is 1. The van der Waals surface area contributed by atoms with E-state index < -0.39 is 12.1 Å². The zero-order valence-electron chi connectivity index (χ0n) is 20.1. The molecule has 0 unspecified atom stereocenters. The molecule has 0 amide bonds. The lowest BCUT2D eigenvalue weighted by Crippen LogP contribution is -2.23. The summed E-state index contributed by atoms with van der Waals surface area (Å²) in [4.78, 5) is 25.0. The number of hydrogen-bond acceptors (Lipinski definition) is 6. The average Bonchev–Trinajstić information content (AvgIpc) is 3.41. The van der Waals surface area contributed by atoms with Crippen LogP contribution in [-0.4, -0.2) is 49.9 Å². The molecule has 0 saturated heterocycles. The molecule has 0 fully saturated rings. The second-order valence-electron chi connectivity index (χ2n) is 8.53. The highest BCUT2D eigenvalue weighted by molar-refractivity contribution is 5.73. The fourth-order valence-corrected chi connectivity index (χ4v) is 4.11. The minimum atomic E-state index is -5.08. The third kappa shape index (κ3) is 6.71. The zero-order chi connectivity index (χ0) is 25.8. The van der Waals surface area contributed by atoms with Crippen LogP contribution in [0.25, 0.3) is 0 Å². The van der Waals surface area contributed by atoms with Crippen molar-refractivity contribution in [3.05, 3.63) is 58.8 Å². The molecule has 35 heavy (non-hydrogen) atoms. The number of benzene rings is 1. The molecule has 0 aliphatic carbocycles. The van der Waals surface area contributed by atoms with Gasteiger partial charge in [0.15, 0.2) is 0 Å². The summed E-state index contributed by atoms with van der Waals surface area (Å²) < 4.78 is 33.9. The Labute approximate surface area is 201 Å². The Hall–Kier alpha value is -3.63.